The highest BCUT2D eigenvalue weighted by molar-refractivity contribution is 5.98. The third-order valence-corrected chi connectivity index (χ3v) is 10.5. The van der Waals surface area contributed by atoms with E-state index in [1.54, 1.807) is 0 Å². The molecule has 0 saturated heterocycles. The Morgan fingerprint density at radius 3 is 1.63 bits per heavy atom. The second-order valence-electron chi connectivity index (χ2n) is 13.2. The first kappa shape index (κ1) is 28.1. The SMILES string of the molecule is c1ccc(N(c2ccc3c(c2)Oc2cc4ccccc4cc2O3)c2cccc3c2-c2ccccc2C32c3ccccc3Oc3ccccc32)cc1. The second-order valence-corrected chi connectivity index (χ2v) is 13.2. The third-order valence-electron chi connectivity index (χ3n) is 10.5. The van der Waals surface area contributed by atoms with Crippen LogP contribution < -0.4 is 19.1 Å². The van der Waals surface area contributed by atoms with Crippen molar-refractivity contribution in [3.8, 4) is 45.6 Å². The van der Waals surface area contributed by atoms with Gasteiger partial charge < -0.3 is 19.1 Å². The summed E-state index contributed by atoms with van der Waals surface area (Å²) in [6.07, 6.45) is 0. The average molecular weight is 656 g/mol. The molecule has 51 heavy (non-hydrogen) atoms. The molecule has 0 amide bonds. The minimum atomic E-state index is -0.560. The molecule has 0 fully saturated rings. The Hall–Kier alpha value is -6.78. The lowest BCUT2D eigenvalue weighted by molar-refractivity contribution is 0.360. The van der Waals surface area contributed by atoms with Crippen LogP contribution in [0.5, 0.6) is 34.5 Å². The van der Waals surface area contributed by atoms with Crippen LogP contribution in [0.15, 0.2) is 176 Å². The van der Waals surface area contributed by atoms with Crippen LogP contribution in [0, 0.1) is 0 Å². The van der Waals surface area contributed by atoms with Gasteiger partial charge in [-0.3, -0.25) is 0 Å². The van der Waals surface area contributed by atoms with Gasteiger partial charge in [-0.1, -0.05) is 115 Å². The first-order chi connectivity index (χ1) is 25.3. The van der Waals surface area contributed by atoms with Crippen molar-refractivity contribution in [3.05, 3.63) is 198 Å². The van der Waals surface area contributed by atoms with Crippen LogP contribution in [0.3, 0.4) is 0 Å². The lowest BCUT2D eigenvalue weighted by Gasteiger charge is -2.39. The van der Waals surface area contributed by atoms with E-state index in [0.29, 0.717) is 23.0 Å². The van der Waals surface area contributed by atoms with E-state index in [-0.39, 0.29) is 0 Å². The first-order valence-electron chi connectivity index (χ1n) is 17.3. The minimum Gasteiger partial charge on any atom is -0.457 e. The zero-order valence-electron chi connectivity index (χ0n) is 27.4. The van der Waals surface area contributed by atoms with Crippen molar-refractivity contribution in [2.45, 2.75) is 5.41 Å². The highest BCUT2D eigenvalue weighted by atomic mass is 16.6. The zero-order valence-corrected chi connectivity index (χ0v) is 27.4. The molecule has 1 aliphatic carbocycles. The highest BCUT2D eigenvalue weighted by Crippen LogP contribution is 2.64. The Bertz CT molecular complexity index is 2650. The van der Waals surface area contributed by atoms with E-state index >= 15 is 0 Å². The maximum absolute atomic E-state index is 6.60. The fourth-order valence-corrected chi connectivity index (χ4v) is 8.47. The van der Waals surface area contributed by atoms with Crippen LogP contribution in [0.2, 0.25) is 0 Å². The van der Waals surface area contributed by atoms with E-state index in [1.165, 1.54) is 22.3 Å². The lowest BCUT2D eigenvalue weighted by Crippen LogP contribution is -2.32. The molecule has 11 rings (SSSR count). The van der Waals surface area contributed by atoms with Crippen molar-refractivity contribution in [2.75, 3.05) is 4.90 Å². The van der Waals surface area contributed by atoms with Crippen molar-refractivity contribution >= 4 is 27.8 Å². The molecular formula is C47H29NO3. The number of nitrogens with zero attached hydrogens (tertiary/aromatic N) is 1. The van der Waals surface area contributed by atoms with Crippen molar-refractivity contribution in [1.29, 1.82) is 0 Å². The second kappa shape index (κ2) is 10.6. The third kappa shape index (κ3) is 3.96. The van der Waals surface area contributed by atoms with Crippen LogP contribution in [0.4, 0.5) is 17.1 Å². The summed E-state index contributed by atoms with van der Waals surface area (Å²) < 4.78 is 19.6. The van der Waals surface area contributed by atoms with E-state index in [0.717, 1.165) is 50.5 Å². The van der Waals surface area contributed by atoms with Gasteiger partial charge in [0.2, 0.25) is 0 Å². The maximum atomic E-state index is 6.60. The van der Waals surface area contributed by atoms with E-state index in [4.69, 9.17) is 14.2 Å². The van der Waals surface area contributed by atoms with Crippen LogP contribution in [0.1, 0.15) is 22.3 Å². The van der Waals surface area contributed by atoms with E-state index in [9.17, 15) is 0 Å². The molecule has 3 aliphatic rings. The largest absolute Gasteiger partial charge is 0.457 e. The molecule has 1 spiro atoms. The van der Waals surface area contributed by atoms with Crippen molar-refractivity contribution < 1.29 is 14.2 Å². The molecule has 8 aromatic rings. The smallest absolute Gasteiger partial charge is 0.172 e. The molecule has 0 saturated carbocycles. The Morgan fingerprint density at radius 2 is 0.902 bits per heavy atom. The van der Waals surface area contributed by atoms with E-state index < -0.39 is 5.41 Å². The zero-order chi connectivity index (χ0) is 33.5. The van der Waals surface area contributed by atoms with Gasteiger partial charge in [0, 0.05) is 28.4 Å². The van der Waals surface area contributed by atoms with Crippen LogP contribution >= 0.6 is 0 Å². The Morgan fingerprint density at radius 1 is 0.353 bits per heavy atom. The predicted molar refractivity (Wildman–Crippen MR) is 203 cm³/mol. The summed E-state index contributed by atoms with van der Waals surface area (Å²) in [4.78, 5) is 2.34. The van der Waals surface area contributed by atoms with Gasteiger partial charge in [0.05, 0.1) is 16.8 Å². The number of anilines is 3. The summed E-state index contributed by atoms with van der Waals surface area (Å²) in [6, 6.07) is 61.7. The normalized spacial score (nSPS) is 13.7. The Labute approximate surface area is 295 Å². The molecular weight excluding hydrogens is 627 g/mol. The van der Waals surface area contributed by atoms with Gasteiger partial charge in [0.15, 0.2) is 23.0 Å². The van der Waals surface area contributed by atoms with E-state index in [1.807, 2.05) is 24.3 Å². The molecule has 0 unspecified atom stereocenters. The highest BCUT2D eigenvalue weighted by Gasteiger charge is 2.51. The lowest BCUT2D eigenvalue weighted by atomic mass is 9.66. The number of fused-ring (bicyclic) bond motifs is 12. The van der Waals surface area contributed by atoms with Crippen molar-refractivity contribution in [2.24, 2.45) is 0 Å². The van der Waals surface area contributed by atoms with E-state index in [2.05, 4.69) is 157 Å². The molecule has 8 aromatic carbocycles. The molecule has 0 radical (unpaired) electrons. The van der Waals surface area contributed by atoms with Gasteiger partial charge in [-0.25, -0.2) is 0 Å². The predicted octanol–water partition coefficient (Wildman–Crippen LogP) is 12.7. The summed E-state index contributed by atoms with van der Waals surface area (Å²) in [5.74, 6) is 4.54. The molecule has 0 N–H and O–H groups in total. The fraction of sp³-hybridized carbons (Fsp3) is 0.0213. The number of benzene rings is 8. The number of ether oxygens (including phenoxy) is 3. The summed E-state index contributed by atoms with van der Waals surface area (Å²) in [6.45, 7) is 0. The number of rotatable bonds is 3. The first-order valence-corrected chi connectivity index (χ1v) is 17.3. The molecule has 0 atom stereocenters. The summed E-state index contributed by atoms with van der Waals surface area (Å²) in [7, 11) is 0. The summed E-state index contributed by atoms with van der Waals surface area (Å²) >= 11 is 0. The molecule has 0 aromatic heterocycles. The van der Waals surface area contributed by atoms with Gasteiger partial charge in [-0.05, 0) is 82.1 Å². The van der Waals surface area contributed by atoms with Gasteiger partial charge in [0.25, 0.3) is 0 Å². The van der Waals surface area contributed by atoms with Gasteiger partial charge in [-0.15, -0.1) is 0 Å². The van der Waals surface area contributed by atoms with Gasteiger partial charge in [-0.2, -0.15) is 0 Å². The summed E-state index contributed by atoms with van der Waals surface area (Å²) in [5, 5.41) is 2.22. The van der Waals surface area contributed by atoms with Gasteiger partial charge >= 0.3 is 0 Å². The molecule has 240 valence electrons. The molecule has 4 nitrogen and oxygen atoms in total. The number of hydrogen-bond donors (Lipinski definition) is 0. The van der Waals surface area contributed by atoms with Crippen LogP contribution in [0.25, 0.3) is 21.9 Å². The Balaban J connectivity index is 1.14. The van der Waals surface area contributed by atoms with Gasteiger partial charge in [0.1, 0.15) is 11.5 Å². The number of hydrogen-bond acceptors (Lipinski definition) is 4. The molecule has 0 bridgehead atoms. The molecule has 2 aliphatic heterocycles. The van der Waals surface area contributed by atoms with Crippen LogP contribution in [-0.2, 0) is 5.41 Å². The quantitative estimate of drug-likeness (QED) is 0.190. The fourth-order valence-electron chi connectivity index (χ4n) is 8.47. The monoisotopic (exact) mass is 655 g/mol. The van der Waals surface area contributed by atoms with Crippen molar-refractivity contribution in [3.63, 3.8) is 0 Å². The Kier molecular flexibility index (Phi) is 5.84. The standard InChI is InChI=1S/C47H29NO3/c1-2-15-32(16-3-1)48(33-25-26-42-45(29-33)51-44-28-31-14-5-4-13-30(31)27-43(44)50-42)39-22-12-21-38-46(39)34-17-6-7-18-35(34)47(38)36-19-8-10-23-40(36)49-41-24-11-9-20-37(41)47/h1-29H. The molecule has 2 heterocycles. The summed E-state index contributed by atoms with van der Waals surface area (Å²) in [5.41, 5.74) is 9.67. The molecule has 4 heteroatoms. The minimum absolute atomic E-state index is 0.560. The number of para-hydroxylation sites is 3. The maximum Gasteiger partial charge on any atom is 0.172 e. The topological polar surface area (TPSA) is 30.9 Å². The van der Waals surface area contributed by atoms with Crippen LogP contribution in [-0.4, -0.2) is 0 Å². The average Bonchev–Trinajstić information content (AvgIpc) is 3.48. The van der Waals surface area contributed by atoms with Crippen molar-refractivity contribution in [1.82, 2.24) is 0 Å².